The lowest BCUT2D eigenvalue weighted by atomic mass is 9.80. The summed E-state index contributed by atoms with van der Waals surface area (Å²) in [6, 6.07) is 15.7. The number of rotatable bonds is 12. The van der Waals surface area contributed by atoms with Crippen molar-refractivity contribution < 1.29 is 29.3 Å². The van der Waals surface area contributed by atoms with Gasteiger partial charge in [0.25, 0.3) is 0 Å². The van der Waals surface area contributed by atoms with Gasteiger partial charge in [-0.3, -0.25) is 9.79 Å². The smallest absolute Gasteiger partial charge is 0.336 e. The van der Waals surface area contributed by atoms with Gasteiger partial charge in [0.05, 0.1) is 23.4 Å². The zero-order chi connectivity index (χ0) is 27.9. The van der Waals surface area contributed by atoms with E-state index in [-0.39, 0.29) is 16.9 Å². The number of hydrogen-bond acceptors (Lipinski definition) is 5. The van der Waals surface area contributed by atoms with Crippen LogP contribution in [0.3, 0.4) is 0 Å². The van der Waals surface area contributed by atoms with Crippen molar-refractivity contribution in [1.29, 1.82) is 0 Å². The Morgan fingerprint density at radius 2 is 1.33 bits per heavy atom. The molecule has 0 aromatic heterocycles. The molecular formula is C32H33NO6. The summed E-state index contributed by atoms with van der Waals surface area (Å²) in [7, 11) is 0. The summed E-state index contributed by atoms with van der Waals surface area (Å²) >= 11 is 0. The van der Waals surface area contributed by atoms with Crippen LogP contribution in [0.15, 0.2) is 59.6 Å². The van der Waals surface area contributed by atoms with Crippen LogP contribution >= 0.6 is 0 Å². The maximum atomic E-state index is 13.7. The van der Waals surface area contributed by atoms with Crippen LogP contribution in [0.1, 0.15) is 100 Å². The molecule has 4 rings (SSSR count). The predicted octanol–water partition coefficient (Wildman–Crippen LogP) is 6.89. The third-order valence-electron chi connectivity index (χ3n) is 6.87. The highest BCUT2D eigenvalue weighted by molar-refractivity contribution is 6.31. The second-order valence-electron chi connectivity index (χ2n) is 9.66. The number of carboxylic acid groups (broad SMARTS) is 2. The van der Waals surface area contributed by atoms with E-state index >= 15 is 0 Å². The van der Waals surface area contributed by atoms with Gasteiger partial charge >= 0.3 is 11.9 Å². The van der Waals surface area contributed by atoms with E-state index in [9.17, 15) is 24.6 Å². The Kier molecular flexibility index (Phi) is 8.92. The zero-order valence-electron chi connectivity index (χ0n) is 22.3. The number of carbonyl (C=O) groups is 3. The summed E-state index contributed by atoms with van der Waals surface area (Å²) in [5.41, 5.74) is 2.96. The first-order valence-electron chi connectivity index (χ1n) is 13.5. The van der Waals surface area contributed by atoms with Crippen LogP contribution in [-0.4, -0.2) is 46.8 Å². The Hall–Kier alpha value is -4.26. The van der Waals surface area contributed by atoms with Crippen molar-refractivity contribution in [2.24, 2.45) is 4.99 Å². The fourth-order valence-corrected chi connectivity index (χ4v) is 4.73. The Labute approximate surface area is 228 Å². The summed E-state index contributed by atoms with van der Waals surface area (Å²) in [4.78, 5) is 42.0. The van der Waals surface area contributed by atoms with Crippen molar-refractivity contribution in [3.05, 3.63) is 88.0 Å². The lowest BCUT2D eigenvalue weighted by Crippen LogP contribution is -2.24. The Balaban J connectivity index is 1.71. The minimum Gasteiger partial charge on any atom is -0.494 e. The molecule has 7 nitrogen and oxygen atoms in total. The molecule has 0 saturated heterocycles. The number of unbranched alkanes of at least 4 members (excludes halogenated alkanes) is 4. The number of nitrogens with zero attached hydrogens (tertiary/aromatic N) is 1. The molecule has 39 heavy (non-hydrogen) atoms. The fourth-order valence-electron chi connectivity index (χ4n) is 4.73. The average Bonchev–Trinajstić information content (AvgIpc) is 2.94. The second kappa shape index (κ2) is 12.5. The summed E-state index contributed by atoms with van der Waals surface area (Å²) < 4.78 is 5.85. The van der Waals surface area contributed by atoms with E-state index in [0.29, 0.717) is 35.6 Å². The summed E-state index contributed by atoms with van der Waals surface area (Å²) in [6.07, 6.45) is 6.30. The van der Waals surface area contributed by atoms with E-state index in [1.54, 1.807) is 6.07 Å². The van der Waals surface area contributed by atoms with Gasteiger partial charge < -0.3 is 14.9 Å². The topological polar surface area (TPSA) is 113 Å². The van der Waals surface area contributed by atoms with E-state index in [4.69, 9.17) is 9.73 Å². The van der Waals surface area contributed by atoms with Crippen LogP contribution in [0.25, 0.3) is 11.1 Å². The van der Waals surface area contributed by atoms with E-state index in [2.05, 4.69) is 6.92 Å². The predicted molar refractivity (Wildman–Crippen MR) is 151 cm³/mol. The highest BCUT2D eigenvalue weighted by Crippen LogP contribution is 2.34. The molecule has 7 heteroatoms. The lowest BCUT2D eigenvalue weighted by molar-refractivity contribution is 0.0651. The molecular weight excluding hydrogens is 494 g/mol. The maximum Gasteiger partial charge on any atom is 0.336 e. The Bertz CT molecular complexity index is 1420. The molecule has 0 fully saturated rings. The third kappa shape index (κ3) is 6.08. The number of carboxylic acids is 2. The molecule has 2 N–H and O–H groups in total. The normalized spacial score (nSPS) is 13.2. The fraction of sp³-hybridized carbons (Fsp3) is 0.312. The maximum absolute atomic E-state index is 13.7. The molecule has 0 atom stereocenters. The van der Waals surface area contributed by atoms with Gasteiger partial charge in [0.2, 0.25) is 0 Å². The highest BCUT2D eigenvalue weighted by Gasteiger charge is 2.32. The number of benzene rings is 3. The minimum atomic E-state index is -1.40. The van der Waals surface area contributed by atoms with Gasteiger partial charge in [0, 0.05) is 28.8 Å². The van der Waals surface area contributed by atoms with Gasteiger partial charge in [-0.25, -0.2) is 9.59 Å². The van der Waals surface area contributed by atoms with Crippen molar-refractivity contribution in [1.82, 2.24) is 0 Å². The van der Waals surface area contributed by atoms with Crippen molar-refractivity contribution in [3.8, 4) is 16.9 Å². The molecule has 0 saturated carbocycles. The average molecular weight is 528 g/mol. The molecule has 3 aromatic carbocycles. The van der Waals surface area contributed by atoms with Crippen LogP contribution < -0.4 is 4.74 Å². The van der Waals surface area contributed by atoms with Gasteiger partial charge in [-0.1, -0.05) is 63.8 Å². The standard InChI is InChI=1S/C32H33NO6/c1-3-5-7-8-16-39-22-12-9-20(10-13-22)21-11-14-23-25(17-21)30(34)26-19-28(32(37)38)27(31(35)36)18-24(26)29(23)33-15-6-4-2/h9-14,17-19H,3-8,15-16H2,1-2H3,(H,35,36)(H,37,38). The number of ketones is 1. The largest absolute Gasteiger partial charge is 0.494 e. The molecule has 0 spiro atoms. The second-order valence-corrected chi connectivity index (χ2v) is 9.66. The van der Waals surface area contributed by atoms with Crippen molar-refractivity contribution in [2.45, 2.75) is 52.4 Å². The number of hydrogen-bond donors (Lipinski definition) is 2. The van der Waals surface area contributed by atoms with Crippen LogP contribution in [0.2, 0.25) is 0 Å². The van der Waals surface area contributed by atoms with Crippen LogP contribution in [-0.2, 0) is 0 Å². The molecule has 0 unspecified atom stereocenters. The van der Waals surface area contributed by atoms with Gasteiger partial charge in [-0.2, -0.15) is 0 Å². The molecule has 0 radical (unpaired) electrons. The third-order valence-corrected chi connectivity index (χ3v) is 6.87. The van der Waals surface area contributed by atoms with Crippen LogP contribution in [0.5, 0.6) is 5.75 Å². The van der Waals surface area contributed by atoms with E-state index < -0.39 is 17.5 Å². The summed E-state index contributed by atoms with van der Waals surface area (Å²) in [5.74, 6) is -2.34. The highest BCUT2D eigenvalue weighted by atomic mass is 16.5. The number of aromatic carboxylic acids is 2. The number of aliphatic imine (C=N–C) groups is 1. The summed E-state index contributed by atoms with van der Waals surface area (Å²) in [5, 5.41) is 19.3. The molecule has 0 heterocycles. The summed E-state index contributed by atoms with van der Waals surface area (Å²) in [6.45, 7) is 5.40. The van der Waals surface area contributed by atoms with Crippen molar-refractivity contribution in [3.63, 3.8) is 0 Å². The quantitative estimate of drug-likeness (QED) is 0.194. The first-order chi connectivity index (χ1) is 18.8. The van der Waals surface area contributed by atoms with Gasteiger partial charge in [-0.05, 0) is 54.3 Å². The van der Waals surface area contributed by atoms with Gasteiger partial charge in [-0.15, -0.1) is 0 Å². The minimum absolute atomic E-state index is 0.143. The first-order valence-corrected chi connectivity index (χ1v) is 13.5. The molecule has 0 amide bonds. The number of carbonyl (C=O) groups excluding carboxylic acids is 1. The molecule has 1 aliphatic rings. The van der Waals surface area contributed by atoms with Crippen LogP contribution in [0.4, 0.5) is 0 Å². The molecule has 1 aliphatic carbocycles. The zero-order valence-corrected chi connectivity index (χ0v) is 22.3. The van der Waals surface area contributed by atoms with E-state index in [1.165, 1.54) is 25.0 Å². The van der Waals surface area contributed by atoms with Crippen LogP contribution in [0, 0.1) is 0 Å². The van der Waals surface area contributed by atoms with Crippen molar-refractivity contribution >= 4 is 23.4 Å². The molecule has 202 valence electrons. The Morgan fingerprint density at radius 1 is 0.718 bits per heavy atom. The SMILES string of the molecule is CCCCCCOc1ccc(-c2ccc3c(c2)C(=O)c2cc(C(=O)O)c(C(=O)O)cc2C3=NCCCC)cc1. The van der Waals surface area contributed by atoms with Gasteiger partial charge in [0.15, 0.2) is 5.78 Å². The molecule has 3 aromatic rings. The van der Waals surface area contributed by atoms with Gasteiger partial charge in [0.1, 0.15) is 5.75 Å². The van der Waals surface area contributed by atoms with Crippen molar-refractivity contribution in [2.75, 3.05) is 13.2 Å². The molecule has 0 aliphatic heterocycles. The monoisotopic (exact) mass is 527 g/mol. The number of fused-ring (bicyclic) bond motifs is 2. The Morgan fingerprint density at radius 3 is 1.97 bits per heavy atom. The lowest BCUT2D eigenvalue weighted by Gasteiger charge is -2.23. The van der Waals surface area contributed by atoms with E-state index in [1.807, 2.05) is 43.3 Å². The molecule has 0 bridgehead atoms. The number of ether oxygens (including phenoxy) is 1. The first kappa shape index (κ1) is 27.8. The van der Waals surface area contributed by atoms with E-state index in [0.717, 1.165) is 42.6 Å².